The minimum atomic E-state index is -0.379. The van der Waals surface area contributed by atoms with Gasteiger partial charge in [0.25, 0.3) is 0 Å². The summed E-state index contributed by atoms with van der Waals surface area (Å²) in [6.07, 6.45) is 1.88. The lowest BCUT2D eigenvalue weighted by Crippen LogP contribution is -2.38. The molecule has 0 aromatic heterocycles. The SMILES string of the molecule is O=C(Cc1ccccc1F)N(Cc1ccccc1O)CC1CCCO1. The molecule has 0 aliphatic carbocycles. The number of phenolic OH excluding ortho intramolecular Hbond substituents is 1. The van der Waals surface area contributed by atoms with E-state index in [0.29, 0.717) is 24.3 Å². The summed E-state index contributed by atoms with van der Waals surface area (Å²) in [6, 6.07) is 13.3. The highest BCUT2D eigenvalue weighted by molar-refractivity contribution is 5.79. The molecule has 25 heavy (non-hydrogen) atoms. The quantitative estimate of drug-likeness (QED) is 0.876. The van der Waals surface area contributed by atoms with E-state index in [4.69, 9.17) is 4.74 Å². The zero-order valence-electron chi connectivity index (χ0n) is 14.0. The first kappa shape index (κ1) is 17.4. The van der Waals surface area contributed by atoms with Crippen molar-refractivity contribution >= 4 is 5.91 Å². The predicted octanol–water partition coefficient (Wildman–Crippen LogP) is 3.28. The van der Waals surface area contributed by atoms with E-state index in [1.54, 1.807) is 41.3 Å². The van der Waals surface area contributed by atoms with E-state index < -0.39 is 0 Å². The summed E-state index contributed by atoms with van der Waals surface area (Å²) < 4.78 is 19.5. The number of hydrogen-bond donors (Lipinski definition) is 1. The summed E-state index contributed by atoms with van der Waals surface area (Å²) in [5, 5.41) is 10.0. The summed E-state index contributed by atoms with van der Waals surface area (Å²) >= 11 is 0. The molecule has 1 heterocycles. The van der Waals surface area contributed by atoms with Crippen LogP contribution in [0.15, 0.2) is 48.5 Å². The fourth-order valence-electron chi connectivity index (χ4n) is 3.06. The number of para-hydroxylation sites is 1. The van der Waals surface area contributed by atoms with Crippen LogP contribution < -0.4 is 0 Å². The van der Waals surface area contributed by atoms with Crippen LogP contribution in [0.3, 0.4) is 0 Å². The number of halogens is 1. The molecule has 1 fully saturated rings. The van der Waals surface area contributed by atoms with E-state index >= 15 is 0 Å². The molecule has 4 nitrogen and oxygen atoms in total. The molecule has 5 heteroatoms. The Balaban J connectivity index is 1.76. The van der Waals surface area contributed by atoms with Crippen LogP contribution in [0.4, 0.5) is 4.39 Å². The first-order valence-corrected chi connectivity index (χ1v) is 8.53. The molecule has 1 unspecified atom stereocenters. The maximum atomic E-state index is 13.9. The standard InChI is InChI=1S/C20H22FNO3/c21-18-9-3-1-6-15(18)12-20(24)22(14-17-8-5-11-25-17)13-16-7-2-4-10-19(16)23/h1-4,6-7,9-10,17,23H,5,8,11-14H2. The summed E-state index contributed by atoms with van der Waals surface area (Å²) in [5.74, 6) is -0.405. The summed E-state index contributed by atoms with van der Waals surface area (Å²) in [5.41, 5.74) is 1.05. The second-order valence-electron chi connectivity index (χ2n) is 6.31. The van der Waals surface area contributed by atoms with E-state index in [1.807, 2.05) is 6.07 Å². The van der Waals surface area contributed by atoms with Gasteiger partial charge in [0.15, 0.2) is 0 Å². The van der Waals surface area contributed by atoms with Crippen LogP contribution >= 0.6 is 0 Å². The molecule has 1 N–H and O–H groups in total. The maximum Gasteiger partial charge on any atom is 0.227 e. The van der Waals surface area contributed by atoms with E-state index in [9.17, 15) is 14.3 Å². The van der Waals surface area contributed by atoms with Crippen molar-refractivity contribution in [3.05, 3.63) is 65.5 Å². The fourth-order valence-corrected chi connectivity index (χ4v) is 3.06. The number of aromatic hydroxyl groups is 1. The normalized spacial score (nSPS) is 16.8. The minimum Gasteiger partial charge on any atom is -0.508 e. The Morgan fingerprint density at radius 2 is 1.88 bits per heavy atom. The van der Waals surface area contributed by atoms with Gasteiger partial charge in [-0.25, -0.2) is 4.39 Å². The van der Waals surface area contributed by atoms with Gasteiger partial charge in [-0.05, 0) is 30.5 Å². The maximum absolute atomic E-state index is 13.9. The van der Waals surface area contributed by atoms with Gasteiger partial charge in [0.05, 0.1) is 12.5 Å². The molecule has 1 amide bonds. The van der Waals surface area contributed by atoms with Crippen LogP contribution in [-0.2, 0) is 22.5 Å². The minimum absolute atomic E-state index is 0.00424. The Kier molecular flexibility index (Phi) is 5.66. The average molecular weight is 343 g/mol. The topological polar surface area (TPSA) is 49.8 Å². The predicted molar refractivity (Wildman–Crippen MR) is 92.6 cm³/mol. The first-order chi connectivity index (χ1) is 12.1. The number of hydrogen-bond acceptors (Lipinski definition) is 3. The van der Waals surface area contributed by atoms with Crippen molar-refractivity contribution in [2.75, 3.05) is 13.2 Å². The smallest absolute Gasteiger partial charge is 0.227 e. The molecule has 3 rings (SSSR count). The number of phenols is 1. The Bertz CT molecular complexity index is 728. The number of benzene rings is 2. The Hall–Kier alpha value is -2.40. The number of nitrogens with zero attached hydrogens (tertiary/aromatic N) is 1. The zero-order valence-corrected chi connectivity index (χ0v) is 14.0. The van der Waals surface area contributed by atoms with Gasteiger partial charge in [0.1, 0.15) is 11.6 Å². The van der Waals surface area contributed by atoms with Crippen molar-refractivity contribution < 1.29 is 19.0 Å². The second-order valence-corrected chi connectivity index (χ2v) is 6.31. The second kappa shape index (κ2) is 8.12. The van der Waals surface area contributed by atoms with Gasteiger partial charge >= 0.3 is 0 Å². The highest BCUT2D eigenvalue weighted by atomic mass is 19.1. The molecule has 1 atom stereocenters. The number of ether oxygens (including phenoxy) is 1. The summed E-state index contributed by atoms with van der Waals surface area (Å²) in [7, 11) is 0. The molecule has 1 aliphatic rings. The number of carbonyl (C=O) groups is 1. The molecular weight excluding hydrogens is 321 g/mol. The average Bonchev–Trinajstić information content (AvgIpc) is 3.11. The number of carbonyl (C=O) groups excluding carboxylic acids is 1. The third kappa shape index (κ3) is 4.57. The van der Waals surface area contributed by atoms with Gasteiger partial charge in [-0.2, -0.15) is 0 Å². The lowest BCUT2D eigenvalue weighted by atomic mass is 10.1. The molecule has 0 saturated carbocycles. The highest BCUT2D eigenvalue weighted by Crippen LogP contribution is 2.21. The van der Waals surface area contributed by atoms with E-state index in [-0.39, 0.29) is 36.5 Å². The third-order valence-corrected chi connectivity index (χ3v) is 4.45. The van der Waals surface area contributed by atoms with Crippen molar-refractivity contribution in [2.45, 2.75) is 31.9 Å². The summed E-state index contributed by atoms with van der Waals surface area (Å²) in [6.45, 7) is 1.43. The lowest BCUT2D eigenvalue weighted by molar-refractivity contribution is -0.132. The molecule has 0 radical (unpaired) electrons. The number of rotatable bonds is 6. The largest absolute Gasteiger partial charge is 0.508 e. The van der Waals surface area contributed by atoms with Gasteiger partial charge in [-0.3, -0.25) is 4.79 Å². The van der Waals surface area contributed by atoms with Crippen LogP contribution in [0, 0.1) is 5.82 Å². The molecule has 0 spiro atoms. The van der Waals surface area contributed by atoms with Gasteiger partial charge in [0.2, 0.25) is 5.91 Å². The van der Waals surface area contributed by atoms with Gasteiger partial charge < -0.3 is 14.7 Å². The monoisotopic (exact) mass is 343 g/mol. The van der Waals surface area contributed by atoms with Crippen molar-refractivity contribution in [1.29, 1.82) is 0 Å². The van der Waals surface area contributed by atoms with Crippen molar-refractivity contribution in [2.24, 2.45) is 0 Å². The molecule has 1 saturated heterocycles. The van der Waals surface area contributed by atoms with E-state index in [2.05, 4.69) is 0 Å². The van der Waals surface area contributed by atoms with Crippen LogP contribution in [0.2, 0.25) is 0 Å². The molecular formula is C20H22FNO3. The molecule has 1 aliphatic heterocycles. The Morgan fingerprint density at radius 1 is 1.16 bits per heavy atom. The molecule has 132 valence electrons. The number of amides is 1. The van der Waals surface area contributed by atoms with Crippen molar-refractivity contribution in [3.8, 4) is 5.75 Å². The van der Waals surface area contributed by atoms with E-state index in [1.165, 1.54) is 6.07 Å². The van der Waals surface area contributed by atoms with Crippen LogP contribution in [-0.4, -0.2) is 35.2 Å². The summed E-state index contributed by atoms with van der Waals surface area (Å²) in [4.78, 5) is 14.4. The Morgan fingerprint density at radius 3 is 2.56 bits per heavy atom. The molecule has 2 aromatic carbocycles. The molecule has 0 bridgehead atoms. The molecule has 2 aromatic rings. The van der Waals surface area contributed by atoms with Crippen molar-refractivity contribution in [1.82, 2.24) is 4.90 Å². The Labute approximate surface area is 146 Å². The zero-order chi connectivity index (χ0) is 17.6. The van der Waals surface area contributed by atoms with Crippen molar-refractivity contribution in [3.63, 3.8) is 0 Å². The van der Waals surface area contributed by atoms with Crippen LogP contribution in [0.25, 0.3) is 0 Å². The van der Waals surface area contributed by atoms with Crippen LogP contribution in [0.5, 0.6) is 5.75 Å². The first-order valence-electron chi connectivity index (χ1n) is 8.53. The van der Waals surface area contributed by atoms with Crippen LogP contribution in [0.1, 0.15) is 24.0 Å². The fraction of sp³-hybridized carbons (Fsp3) is 0.350. The van der Waals surface area contributed by atoms with Gasteiger partial charge in [-0.1, -0.05) is 36.4 Å². The van der Waals surface area contributed by atoms with Gasteiger partial charge in [0, 0.05) is 25.3 Å². The van der Waals surface area contributed by atoms with Gasteiger partial charge in [-0.15, -0.1) is 0 Å². The van der Waals surface area contributed by atoms with E-state index in [0.717, 1.165) is 12.8 Å². The third-order valence-electron chi connectivity index (χ3n) is 4.45. The lowest BCUT2D eigenvalue weighted by Gasteiger charge is -2.26. The highest BCUT2D eigenvalue weighted by Gasteiger charge is 2.24.